The molecule has 1 heterocycles. The SMILES string of the molecule is COCC(C)(C#N)NC(=O)/C=C/c1cnc(C(C)(C)C)s1. The van der Waals surface area contributed by atoms with Crippen LogP contribution in [0.5, 0.6) is 0 Å². The molecule has 0 saturated carbocycles. The summed E-state index contributed by atoms with van der Waals surface area (Å²) in [5.41, 5.74) is -1.03. The van der Waals surface area contributed by atoms with E-state index in [1.807, 2.05) is 6.07 Å². The van der Waals surface area contributed by atoms with Crippen molar-refractivity contribution < 1.29 is 9.53 Å². The van der Waals surface area contributed by atoms with Crippen LogP contribution in [0.1, 0.15) is 37.6 Å². The molecule has 1 aromatic heterocycles. The van der Waals surface area contributed by atoms with E-state index in [1.54, 1.807) is 30.5 Å². The number of rotatable bonds is 5. The molecule has 114 valence electrons. The molecule has 0 radical (unpaired) electrons. The van der Waals surface area contributed by atoms with Gasteiger partial charge in [-0.05, 0) is 13.0 Å². The third kappa shape index (κ3) is 5.29. The number of carbonyl (C=O) groups is 1. The van der Waals surface area contributed by atoms with Gasteiger partial charge in [-0.15, -0.1) is 11.3 Å². The highest BCUT2D eigenvalue weighted by Gasteiger charge is 2.25. The lowest BCUT2D eigenvalue weighted by Crippen LogP contribution is -2.47. The van der Waals surface area contributed by atoms with Crippen molar-refractivity contribution in [2.45, 2.75) is 38.6 Å². The van der Waals surface area contributed by atoms with Crippen LogP contribution in [-0.2, 0) is 14.9 Å². The Morgan fingerprint density at radius 1 is 1.52 bits per heavy atom. The topological polar surface area (TPSA) is 75.0 Å². The first kappa shape index (κ1) is 17.3. The first-order valence-corrected chi connectivity index (χ1v) is 7.38. The summed E-state index contributed by atoms with van der Waals surface area (Å²) in [4.78, 5) is 17.1. The zero-order valence-corrected chi connectivity index (χ0v) is 13.9. The van der Waals surface area contributed by atoms with E-state index < -0.39 is 5.54 Å². The zero-order valence-electron chi connectivity index (χ0n) is 13.1. The third-order valence-corrected chi connectivity index (χ3v) is 4.03. The van der Waals surface area contributed by atoms with Crippen LogP contribution in [0, 0.1) is 11.3 Å². The van der Waals surface area contributed by atoms with E-state index in [1.165, 1.54) is 13.2 Å². The van der Waals surface area contributed by atoms with Gasteiger partial charge in [-0.2, -0.15) is 5.26 Å². The maximum Gasteiger partial charge on any atom is 0.245 e. The predicted octanol–water partition coefficient (Wildman–Crippen LogP) is 2.50. The van der Waals surface area contributed by atoms with Gasteiger partial charge in [0.15, 0.2) is 0 Å². The average Bonchev–Trinajstić information content (AvgIpc) is 2.85. The van der Waals surface area contributed by atoms with Gasteiger partial charge in [-0.1, -0.05) is 20.8 Å². The highest BCUT2D eigenvalue weighted by molar-refractivity contribution is 7.12. The van der Waals surface area contributed by atoms with Crippen molar-refractivity contribution in [3.63, 3.8) is 0 Å². The first-order valence-electron chi connectivity index (χ1n) is 6.57. The van der Waals surface area contributed by atoms with Gasteiger partial charge in [-0.3, -0.25) is 4.79 Å². The molecule has 1 amide bonds. The lowest BCUT2D eigenvalue weighted by molar-refractivity contribution is -0.118. The number of thiazole rings is 1. The Hall–Kier alpha value is -1.71. The molecule has 6 heteroatoms. The summed E-state index contributed by atoms with van der Waals surface area (Å²) in [6.45, 7) is 8.03. The average molecular weight is 307 g/mol. The van der Waals surface area contributed by atoms with Crippen LogP contribution in [0.4, 0.5) is 0 Å². The fraction of sp³-hybridized carbons (Fsp3) is 0.533. The maximum absolute atomic E-state index is 11.8. The van der Waals surface area contributed by atoms with Gasteiger partial charge in [0.05, 0.1) is 17.7 Å². The maximum atomic E-state index is 11.8. The quantitative estimate of drug-likeness (QED) is 0.848. The molecule has 5 nitrogen and oxygen atoms in total. The molecule has 0 aliphatic rings. The van der Waals surface area contributed by atoms with Crippen molar-refractivity contribution in [2.75, 3.05) is 13.7 Å². The predicted molar refractivity (Wildman–Crippen MR) is 83.9 cm³/mol. The van der Waals surface area contributed by atoms with E-state index in [0.717, 1.165) is 9.88 Å². The summed E-state index contributed by atoms with van der Waals surface area (Å²) in [7, 11) is 1.49. The van der Waals surface area contributed by atoms with Crippen LogP contribution in [0.3, 0.4) is 0 Å². The zero-order chi connectivity index (χ0) is 16.1. The largest absolute Gasteiger partial charge is 0.381 e. The molecule has 1 N–H and O–H groups in total. The van der Waals surface area contributed by atoms with E-state index in [4.69, 9.17) is 10.00 Å². The van der Waals surface area contributed by atoms with Crippen molar-refractivity contribution in [2.24, 2.45) is 0 Å². The van der Waals surface area contributed by atoms with Crippen LogP contribution in [0.2, 0.25) is 0 Å². The Morgan fingerprint density at radius 3 is 2.67 bits per heavy atom. The standard InChI is InChI=1S/C15H21N3O2S/c1-14(2,3)13-17-8-11(21-13)6-7-12(19)18-15(4,9-16)10-20-5/h6-8H,10H2,1-5H3,(H,18,19)/b7-6+. The molecule has 0 bridgehead atoms. The van der Waals surface area contributed by atoms with E-state index in [0.29, 0.717) is 0 Å². The van der Waals surface area contributed by atoms with Gasteiger partial charge in [0.1, 0.15) is 5.54 Å². The number of aromatic nitrogens is 1. The summed E-state index contributed by atoms with van der Waals surface area (Å²) in [6.07, 6.45) is 4.85. The molecule has 0 fully saturated rings. The van der Waals surface area contributed by atoms with Crippen molar-refractivity contribution >= 4 is 23.3 Å². The minimum Gasteiger partial charge on any atom is -0.381 e. The second kappa shape index (κ2) is 6.83. The van der Waals surface area contributed by atoms with E-state index >= 15 is 0 Å². The molecule has 0 saturated heterocycles. The molecule has 0 aliphatic carbocycles. The van der Waals surface area contributed by atoms with Gasteiger partial charge >= 0.3 is 0 Å². The van der Waals surface area contributed by atoms with Gasteiger partial charge in [-0.25, -0.2) is 4.98 Å². The Labute approximate surface area is 129 Å². The van der Waals surface area contributed by atoms with Crippen LogP contribution in [-0.4, -0.2) is 30.1 Å². The van der Waals surface area contributed by atoms with Crippen molar-refractivity contribution in [1.82, 2.24) is 10.3 Å². The van der Waals surface area contributed by atoms with Crippen LogP contribution in [0.15, 0.2) is 12.3 Å². The van der Waals surface area contributed by atoms with Crippen LogP contribution >= 0.6 is 11.3 Å². The fourth-order valence-corrected chi connectivity index (χ4v) is 2.44. The number of ether oxygens (including phenoxy) is 1. The lowest BCUT2D eigenvalue weighted by atomic mass is 9.98. The normalized spacial score (nSPS) is 14.7. The van der Waals surface area contributed by atoms with Crippen molar-refractivity contribution in [3.8, 4) is 6.07 Å². The minimum absolute atomic E-state index is 0.00311. The molecule has 0 aliphatic heterocycles. The number of carbonyl (C=O) groups excluding carboxylic acids is 1. The number of hydrogen-bond donors (Lipinski definition) is 1. The van der Waals surface area contributed by atoms with Gasteiger partial charge in [0.2, 0.25) is 5.91 Å². The number of nitrogens with zero attached hydrogens (tertiary/aromatic N) is 2. The lowest BCUT2D eigenvalue weighted by Gasteiger charge is -2.20. The number of nitriles is 1. The van der Waals surface area contributed by atoms with E-state index in [2.05, 4.69) is 31.1 Å². The smallest absolute Gasteiger partial charge is 0.245 e. The number of methoxy groups -OCH3 is 1. The summed E-state index contributed by atoms with van der Waals surface area (Å²) in [5, 5.41) is 12.7. The third-order valence-electron chi connectivity index (χ3n) is 2.64. The van der Waals surface area contributed by atoms with Gasteiger partial charge < -0.3 is 10.1 Å². The fourth-order valence-electron chi connectivity index (χ4n) is 1.57. The molecule has 0 aromatic carbocycles. The monoisotopic (exact) mass is 307 g/mol. The highest BCUT2D eigenvalue weighted by atomic mass is 32.1. The number of amides is 1. The molecule has 21 heavy (non-hydrogen) atoms. The van der Waals surface area contributed by atoms with Crippen molar-refractivity contribution in [3.05, 3.63) is 22.2 Å². The van der Waals surface area contributed by atoms with E-state index in [-0.39, 0.29) is 17.9 Å². The summed E-state index contributed by atoms with van der Waals surface area (Å²) in [6, 6.07) is 2.03. The molecular formula is C15H21N3O2S. The Bertz CT molecular complexity index is 566. The molecular weight excluding hydrogens is 286 g/mol. The second-order valence-corrected chi connectivity index (χ2v) is 7.08. The van der Waals surface area contributed by atoms with Crippen LogP contribution in [0.25, 0.3) is 6.08 Å². The minimum atomic E-state index is -1.03. The Morgan fingerprint density at radius 2 is 2.19 bits per heavy atom. The highest BCUT2D eigenvalue weighted by Crippen LogP contribution is 2.27. The number of hydrogen-bond acceptors (Lipinski definition) is 5. The molecule has 1 unspecified atom stereocenters. The second-order valence-electron chi connectivity index (χ2n) is 6.02. The Kier molecular flexibility index (Phi) is 5.64. The molecule has 1 rings (SSSR count). The summed E-state index contributed by atoms with van der Waals surface area (Å²) >= 11 is 1.55. The van der Waals surface area contributed by atoms with E-state index in [9.17, 15) is 4.79 Å². The molecule has 1 aromatic rings. The van der Waals surface area contributed by atoms with Gasteiger partial charge in [0.25, 0.3) is 0 Å². The number of nitrogens with one attached hydrogen (secondary N) is 1. The Balaban J connectivity index is 2.71. The summed E-state index contributed by atoms with van der Waals surface area (Å²) in [5.74, 6) is -0.332. The first-order chi connectivity index (χ1) is 9.70. The molecule has 0 spiro atoms. The van der Waals surface area contributed by atoms with Crippen LogP contribution < -0.4 is 5.32 Å². The van der Waals surface area contributed by atoms with Gasteiger partial charge in [0, 0.05) is 29.7 Å². The summed E-state index contributed by atoms with van der Waals surface area (Å²) < 4.78 is 4.93. The molecule has 1 atom stereocenters. The van der Waals surface area contributed by atoms with Crippen molar-refractivity contribution in [1.29, 1.82) is 5.26 Å².